The molecule has 1 aliphatic heterocycles. The van der Waals surface area contributed by atoms with E-state index < -0.39 is 0 Å². The Bertz CT molecular complexity index is 154. The van der Waals surface area contributed by atoms with E-state index in [-0.39, 0.29) is 11.0 Å². The number of rotatable bonds is 2. The van der Waals surface area contributed by atoms with E-state index in [1.54, 1.807) is 0 Å². The fourth-order valence-electron chi connectivity index (χ4n) is 1.83. The van der Waals surface area contributed by atoms with Crippen molar-refractivity contribution in [2.45, 2.75) is 45.1 Å². The molecule has 1 aliphatic rings. The molecule has 2 unspecified atom stereocenters. The Kier molecular flexibility index (Phi) is 3.06. The average molecular weight is 191 g/mol. The van der Waals surface area contributed by atoms with Crippen molar-refractivity contribution in [3.63, 3.8) is 0 Å². The Labute approximate surface area is 80.4 Å². The molecule has 0 N–H and O–H groups in total. The van der Waals surface area contributed by atoms with Gasteiger partial charge in [0.2, 0.25) is 0 Å². The first-order valence-electron chi connectivity index (χ1n) is 4.70. The molecule has 1 fully saturated rings. The lowest BCUT2D eigenvalue weighted by molar-refractivity contribution is 0.0347. The first-order chi connectivity index (χ1) is 5.42. The highest BCUT2D eigenvalue weighted by molar-refractivity contribution is 6.21. The minimum absolute atomic E-state index is 0.0483. The normalized spacial score (nSPS) is 31.0. The van der Waals surface area contributed by atoms with Crippen LogP contribution in [0.3, 0.4) is 0 Å². The number of hydrogen-bond acceptors (Lipinski definition) is 1. The summed E-state index contributed by atoms with van der Waals surface area (Å²) < 4.78 is 5.64. The van der Waals surface area contributed by atoms with E-state index in [2.05, 4.69) is 27.7 Å². The van der Waals surface area contributed by atoms with Crippen LogP contribution in [0.5, 0.6) is 0 Å². The molecule has 72 valence electrons. The second kappa shape index (κ2) is 3.55. The Morgan fingerprint density at radius 1 is 1.42 bits per heavy atom. The molecule has 0 spiro atoms. The van der Waals surface area contributed by atoms with Gasteiger partial charge in [0, 0.05) is 11.3 Å². The number of hydrogen-bond donors (Lipinski definition) is 0. The smallest absolute Gasteiger partial charge is 0.0630 e. The maximum absolute atomic E-state index is 6.27. The number of halogens is 1. The maximum atomic E-state index is 6.27. The van der Waals surface area contributed by atoms with Crippen LogP contribution >= 0.6 is 11.6 Å². The summed E-state index contributed by atoms with van der Waals surface area (Å²) in [6.07, 6.45) is 1.10. The number of ether oxygens (including phenoxy) is 1. The van der Waals surface area contributed by atoms with E-state index >= 15 is 0 Å². The van der Waals surface area contributed by atoms with E-state index in [4.69, 9.17) is 16.3 Å². The predicted octanol–water partition coefficient (Wildman–Crippen LogP) is 3.06. The molecule has 0 aliphatic carbocycles. The van der Waals surface area contributed by atoms with E-state index in [0.717, 1.165) is 13.0 Å². The Hall–Kier alpha value is 0.250. The summed E-state index contributed by atoms with van der Waals surface area (Å²) in [7, 11) is 0. The average Bonchev–Trinajstić information content (AvgIpc) is 2.28. The Morgan fingerprint density at radius 3 is 2.33 bits per heavy atom. The van der Waals surface area contributed by atoms with Gasteiger partial charge >= 0.3 is 0 Å². The molecule has 0 bridgehead atoms. The SMILES string of the molecule is CC(C)C(Cl)C1COC(C)(C)C1. The van der Waals surface area contributed by atoms with Crippen LogP contribution in [-0.2, 0) is 4.74 Å². The number of alkyl halides is 1. The summed E-state index contributed by atoms with van der Waals surface area (Å²) >= 11 is 6.27. The van der Waals surface area contributed by atoms with Crippen molar-refractivity contribution in [2.24, 2.45) is 11.8 Å². The third-order valence-electron chi connectivity index (χ3n) is 2.53. The van der Waals surface area contributed by atoms with Gasteiger partial charge in [-0.15, -0.1) is 11.6 Å². The van der Waals surface area contributed by atoms with Gasteiger partial charge in [0.1, 0.15) is 0 Å². The summed E-state index contributed by atoms with van der Waals surface area (Å²) in [5.41, 5.74) is 0.0483. The second-order valence-electron chi connectivity index (χ2n) is 4.72. The van der Waals surface area contributed by atoms with Gasteiger partial charge in [-0.1, -0.05) is 13.8 Å². The molecule has 1 saturated heterocycles. The molecule has 1 heterocycles. The molecule has 0 aromatic rings. The fourth-order valence-corrected chi connectivity index (χ4v) is 1.99. The van der Waals surface area contributed by atoms with Crippen LogP contribution in [0.2, 0.25) is 0 Å². The van der Waals surface area contributed by atoms with Crippen LogP contribution in [0.15, 0.2) is 0 Å². The second-order valence-corrected chi connectivity index (χ2v) is 5.23. The van der Waals surface area contributed by atoms with Crippen LogP contribution in [0.25, 0.3) is 0 Å². The van der Waals surface area contributed by atoms with E-state index in [1.165, 1.54) is 0 Å². The molecule has 1 nitrogen and oxygen atoms in total. The van der Waals surface area contributed by atoms with E-state index in [0.29, 0.717) is 11.8 Å². The van der Waals surface area contributed by atoms with Crippen LogP contribution in [0.4, 0.5) is 0 Å². The van der Waals surface area contributed by atoms with Crippen LogP contribution in [0.1, 0.15) is 34.1 Å². The third kappa shape index (κ3) is 2.37. The fraction of sp³-hybridized carbons (Fsp3) is 1.00. The first kappa shape index (κ1) is 10.3. The van der Waals surface area contributed by atoms with Crippen LogP contribution in [0, 0.1) is 11.8 Å². The van der Waals surface area contributed by atoms with Gasteiger partial charge in [0.15, 0.2) is 0 Å². The highest BCUT2D eigenvalue weighted by Crippen LogP contribution is 2.35. The molecule has 0 aromatic carbocycles. The van der Waals surface area contributed by atoms with Crippen molar-refractivity contribution >= 4 is 11.6 Å². The van der Waals surface area contributed by atoms with Crippen molar-refractivity contribution in [2.75, 3.05) is 6.61 Å². The largest absolute Gasteiger partial charge is 0.375 e. The van der Waals surface area contributed by atoms with Gasteiger partial charge in [0.05, 0.1) is 12.2 Å². The van der Waals surface area contributed by atoms with Gasteiger partial charge in [0.25, 0.3) is 0 Å². The van der Waals surface area contributed by atoms with Crippen molar-refractivity contribution in [1.82, 2.24) is 0 Å². The molecule has 0 amide bonds. The van der Waals surface area contributed by atoms with Gasteiger partial charge in [-0.05, 0) is 26.2 Å². The molecule has 0 saturated carbocycles. The topological polar surface area (TPSA) is 9.23 Å². The zero-order valence-electron chi connectivity index (χ0n) is 8.43. The van der Waals surface area contributed by atoms with Gasteiger partial charge in [-0.3, -0.25) is 0 Å². The van der Waals surface area contributed by atoms with Crippen molar-refractivity contribution in [3.05, 3.63) is 0 Å². The Balaban J connectivity index is 2.47. The van der Waals surface area contributed by atoms with Gasteiger partial charge < -0.3 is 4.74 Å². The summed E-state index contributed by atoms with van der Waals surface area (Å²) in [4.78, 5) is 0. The standard InChI is InChI=1S/C10H19ClO/c1-7(2)9(11)8-5-10(3,4)12-6-8/h7-9H,5-6H2,1-4H3. The highest BCUT2D eigenvalue weighted by atomic mass is 35.5. The maximum Gasteiger partial charge on any atom is 0.0630 e. The zero-order valence-corrected chi connectivity index (χ0v) is 9.19. The zero-order chi connectivity index (χ0) is 9.35. The monoisotopic (exact) mass is 190 g/mol. The molecule has 0 aromatic heterocycles. The summed E-state index contributed by atoms with van der Waals surface area (Å²) in [5.74, 6) is 1.09. The summed E-state index contributed by atoms with van der Waals surface area (Å²) in [6.45, 7) is 9.44. The van der Waals surface area contributed by atoms with Crippen LogP contribution in [-0.4, -0.2) is 17.6 Å². The molecule has 0 radical (unpaired) electrons. The van der Waals surface area contributed by atoms with Crippen LogP contribution < -0.4 is 0 Å². The van der Waals surface area contributed by atoms with Crippen molar-refractivity contribution < 1.29 is 4.74 Å². The van der Waals surface area contributed by atoms with Crippen molar-refractivity contribution in [3.8, 4) is 0 Å². The molecule has 2 heteroatoms. The molecule has 2 atom stereocenters. The van der Waals surface area contributed by atoms with E-state index in [9.17, 15) is 0 Å². The lowest BCUT2D eigenvalue weighted by Crippen LogP contribution is -2.22. The molecular weight excluding hydrogens is 172 g/mol. The minimum Gasteiger partial charge on any atom is -0.375 e. The van der Waals surface area contributed by atoms with Gasteiger partial charge in [-0.25, -0.2) is 0 Å². The first-order valence-corrected chi connectivity index (χ1v) is 5.14. The Morgan fingerprint density at radius 2 is 2.00 bits per heavy atom. The van der Waals surface area contributed by atoms with Crippen molar-refractivity contribution in [1.29, 1.82) is 0 Å². The third-order valence-corrected chi connectivity index (χ3v) is 3.39. The highest BCUT2D eigenvalue weighted by Gasteiger charge is 2.36. The molecule has 12 heavy (non-hydrogen) atoms. The summed E-state index contributed by atoms with van der Waals surface area (Å²) in [6, 6.07) is 0. The minimum atomic E-state index is 0.0483. The predicted molar refractivity (Wildman–Crippen MR) is 52.6 cm³/mol. The quantitative estimate of drug-likeness (QED) is 0.609. The molecule has 1 rings (SSSR count). The lowest BCUT2D eigenvalue weighted by atomic mass is 9.90. The van der Waals surface area contributed by atoms with E-state index in [1.807, 2.05) is 0 Å². The summed E-state index contributed by atoms with van der Waals surface area (Å²) in [5, 5.41) is 0.270. The lowest BCUT2D eigenvalue weighted by Gasteiger charge is -2.20. The molecular formula is C10H19ClO. The van der Waals surface area contributed by atoms with Gasteiger partial charge in [-0.2, -0.15) is 0 Å².